The zero-order valence-electron chi connectivity index (χ0n) is 13.1. The summed E-state index contributed by atoms with van der Waals surface area (Å²) in [5.41, 5.74) is 3.31. The van der Waals surface area contributed by atoms with Gasteiger partial charge in [-0.25, -0.2) is 0 Å². The van der Waals surface area contributed by atoms with Gasteiger partial charge in [-0.15, -0.1) is 0 Å². The highest BCUT2D eigenvalue weighted by molar-refractivity contribution is 5.93. The Labute approximate surface area is 130 Å². The van der Waals surface area contributed by atoms with E-state index in [1.54, 1.807) is 12.4 Å². The summed E-state index contributed by atoms with van der Waals surface area (Å²) >= 11 is 0. The van der Waals surface area contributed by atoms with Gasteiger partial charge in [0.05, 0.1) is 11.8 Å². The van der Waals surface area contributed by atoms with Gasteiger partial charge in [-0.2, -0.15) is 5.10 Å². The Kier molecular flexibility index (Phi) is 3.98. The fourth-order valence-electron chi connectivity index (χ4n) is 2.90. The predicted octanol–water partition coefficient (Wildman–Crippen LogP) is 1.98. The highest BCUT2D eigenvalue weighted by atomic mass is 16.1. The van der Waals surface area contributed by atoms with E-state index < -0.39 is 0 Å². The minimum absolute atomic E-state index is 0.0840. The highest BCUT2D eigenvalue weighted by Gasteiger charge is 2.30. The first-order valence-electron chi connectivity index (χ1n) is 7.65. The molecular weight excluding hydrogens is 276 g/mol. The van der Waals surface area contributed by atoms with E-state index in [-0.39, 0.29) is 11.4 Å². The fourth-order valence-corrected chi connectivity index (χ4v) is 2.90. The standard InChI is InChI=1S/C17H22N4O/c1-17(2,12-18-16(22)15-9-19-20-10-15)21-8-7-13-5-3-4-6-14(13)11-21/h3-6,9-10H,7-8,11-12H2,1-2H3,(H,18,22)(H,19,20). The number of hydrogen-bond donors (Lipinski definition) is 2. The van der Waals surface area contributed by atoms with Gasteiger partial charge in [0.25, 0.3) is 5.91 Å². The lowest BCUT2D eigenvalue weighted by Gasteiger charge is -2.41. The average molecular weight is 298 g/mol. The molecule has 2 heterocycles. The topological polar surface area (TPSA) is 61.0 Å². The van der Waals surface area contributed by atoms with Crippen molar-refractivity contribution in [3.05, 3.63) is 53.3 Å². The molecule has 0 saturated heterocycles. The van der Waals surface area contributed by atoms with E-state index in [1.807, 2.05) is 0 Å². The van der Waals surface area contributed by atoms with Crippen LogP contribution >= 0.6 is 0 Å². The number of aromatic nitrogens is 2. The van der Waals surface area contributed by atoms with Gasteiger partial charge in [-0.1, -0.05) is 24.3 Å². The Bertz CT molecular complexity index is 648. The number of amides is 1. The van der Waals surface area contributed by atoms with Crippen molar-refractivity contribution in [3.8, 4) is 0 Å². The summed E-state index contributed by atoms with van der Waals surface area (Å²) < 4.78 is 0. The van der Waals surface area contributed by atoms with Crippen molar-refractivity contribution in [1.29, 1.82) is 0 Å². The molecule has 0 spiro atoms. The van der Waals surface area contributed by atoms with Crippen LogP contribution in [-0.2, 0) is 13.0 Å². The fraction of sp³-hybridized carbons (Fsp3) is 0.412. The number of rotatable bonds is 4. The van der Waals surface area contributed by atoms with Crippen LogP contribution < -0.4 is 5.32 Å². The van der Waals surface area contributed by atoms with Gasteiger partial charge < -0.3 is 5.32 Å². The van der Waals surface area contributed by atoms with E-state index >= 15 is 0 Å². The number of carbonyl (C=O) groups is 1. The van der Waals surface area contributed by atoms with E-state index in [0.717, 1.165) is 19.5 Å². The van der Waals surface area contributed by atoms with Crippen LogP contribution in [0.5, 0.6) is 0 Å². The Morgan fingerprint density at radius 1 is 1.36 bits per heavy atom. The first-order chi connectivity index (χ1) is 10.6. The van der Waals surface area contributed by atoms with E-state index in [9.17, 15) is 4.79 Å². The van der Waals surface area contributed by atoms with Crippen molar-refractivity contribution in [1.82, 2.24) is 20.4 Å². The monoisotopic (exact) mass is 298 g/mol. The Balaban J connectivity index is 1.62. The van der Waals surface area contributed by atoms with Crippen LogP contribution in [0, 0.1) is 0 Å². The maximum atomic E-state index is 12.0. The Morgan fingerprint density at radius 3 is 2.86 bits per heavy atom. The molecule has 116 valence electrons. The molecule has 0 fully saturated rings. The van der Waals surface area contributed by atoms with Gasteiger partial charge in [-0.3, -0.25) is 14.8 Å². The molecule has 1 aliphatic rings. The Morgan fingerprint density at radius 2 is 2.14 bits per heavy atom. The highest BCUT2D eigenvalue weighted by Crippen LogP contribution is 2.24. The van der Waals surface area contributed by atoms with E-state index in [0.29, 0.717) is 12.1 Å². The van der Waals surface area contributed by atoms with Crippen molar-refractivity contribution in [2.45, 2.75) is 32.4 Å². The van der Waals surface area contributed by atoms with Crippen molar-refractivity contribution in [2.24, 2.45) is 0 Å². The molecule has 0 atom stereocenters. The second-order valence-electron chi connectivity index (χ2n) is 6.42. The molecule has 0 saturated carbocycles. The third-order valence-electron chi connectivity index (χ3n) is 4.43. The third kappa shape index (κ3) is 3.04. The molecule has 1 aromatic carbocycles. The van der Waals surface area contributed by atoms with Crippen LogP contribution in [0.1, 0.15) is 35.3 Å². The zero-order chi connectivity index (χ0) is 15.6. The van der Waals surface area contributed by atoms with Gasteiger partial charge in [-0.05, 0) is 31.4 Å². The average Bonchev–Trinajstić information content (AvgIpc) is 3.07. The van der Waals surface area contributed by atoms with Crippen LogP contribution in [0.4, 0.5) is 0 Å². The predicted molar refractivity (Wildman–Crippen MR) is 85.6 cm³/mol. The minimum atomic E-state index is -0.0904. The first kappa shape index (κ1) is 14.8. The summed E-state index contributed by atoms with van der Waals surface area (Å²) in [7, 11) is 0. The molecule has 0 aliphatic carbocycles. The number of fused-ring (bicyclic) bond motifs is 1. The molecule has 5 heteroatoms. The van der Waals surface area contributed by atoms with Crippen molar-refractivity contribution >= 4 is 5.91 Å². The van der Waals surface area contributed by atoms with Crippen LogP contribution in [0.15, 0.2) is 36.7 Å². The molecule has 0 bridgehead atoms. The third-order valence-corrected chi connectivity index (χ3v) is 4.43. The summed E-state index contributed by atoms with van der Waals surface area (Å²) in [6.45, 7) is 6.92. The van der Waals surface area contributed by atoms with Crippen molar-refractivity contribution in [3.63, 3.8) is 0 Å². The number of carbonyl (C=O) groups excluding carboxylic acids is 1. The van der Waals surface area contributed by atoms with Gasteiger partial charge in [0.1, 0.15) is 0 Å². The Hall–Kier alpha value is -2.14. The quantitative estimate of drug-likeness (QED) is 0.907. The number of hydrogen-bond acceptors (Lipinski definition) is 3. The lowest BCUT2D eigenvalue weighted by molar-refractivity contribution is 0.0826. The number of nitrogens with zero attached hydrogens (tertiary/aromatic N) is 2. The number of benzene rings is 1. The van der Waals surface area contributed by atoms with Gasteiger partial charge >= 0.3 is 0 Å². The summed E-state index contributed by atoms with van der Waals surface area (Å²) in [6, 6.07) is 8.60. The molecule has 1 amide bonds. The summed E-state index contributed by atoms with van der Waals surface area (Å²) in [4.78, 5) is 14.5. The molecule has 22 heavy (non-hydrogen) atoms. The maximum absolute atomic E-state index is 12.0. The molecule has 0 unspecified atom stereocenters. The van der Waals surface area contributed by atoms with E-state index in [4.69, 9.17) is 0 Å². The zero-order valence-corrected chi connectivity index (χ0v) is 13.1. The maximum Gasteiger partial charge on any atom is 0.254 e. The summed E-state index contributed by atoms with van der Waals surface area (Å²) in [6.07, 6.45) is 4.22. The molecule has 2 N–H and O–H groups in total. The van der Waals surface area contributed by atoms with Crippen molar-refractivity contribution in [2.75, 3.05) is 13.1 Å². The van der Waals surface area contributed by atoms with E-state index in [1.165, 1.54) is 11.1 Å². The lowest BCUT2D eigenvalue weighted by atomic mass is 9.94. The van der Waals surface area contributed by atoms with Gasteiger partial charge in [0, 0.05) is 31.4 Å². The molecule has 3 rings (SSSR count). The molecule has 5 nitrogen and oxygen atoms in total. The number of nitrogens with one attached hydrogen (secondary N) is 2. The van der Waals surface area contributed by atoms with Crippen LogP contribution in [0.3, 0.4) is 0 Å². The SMILES string of the molecule is CC(C)(CNC(=O)c1cn[nH]c1)N1CCc2ccccc2C1. The number of H-pyrrole nitrogens is 1. The van der Waals surface area contributed by atoms with Gasteiger partial charge in [0.2, 0.25) is 0 Å². The van der Waals surface area contributed by atoms with Crippen molar-refractivity contribution < 1.29 is 4.79 Å². The summed E-state index contributed by atoms with van der Waals surface area (Å²) in [5, 5.41) is 9.47. The normalized spacial score (nSPS) is 15.4. The molecule has 0 radical (unpaired) electrons. The second-order valence-corrected chi connectivity index (χ2v) is 6.42. The second kappa shape index (κ2) is 5.93. The van der Waals surface area contributed by atoms with Crippen LogP contribution in [-0.4, -0.2) is 39.6 Å². The van der Waals surface area contributed by atoms with Gasteiger partial charge in [0.15, 0.2) is 0 Å². The van der Waals surface area contributed by atoms with E-state index in [2.05, 4.69) is 58.5 Å². The number of aromatic amines is 1. The molecule has 1 aromatic heterocycles. The summed E-state index contributed by atoms with van der Waals surface area (Å²) in [5.74, 6) is -0.0840. The van der Waals surface area contributed by atoms with Crippen LogP contribution in [0.25, 0.3) is 0 Å². The minimum Gasteiger partial charge on any atom is -0.350 e. The molecule has 1 aliphatic heterocycles. The van der Waals surface area contributed by atoms with Crippen LogP contribution in [0.2, 0.25) is 0 Å². The largest absolute Gasteiger partial charge is 0.350 e. The lowest BCUT2D eigenvalue weighted by Crippen LogP contribution is -2.53. The molecular formula is C17H22N4O. The first-order valence-corrected chi connectivity index (χ1v) is 7.65. The molecule has 2 aromatic rings. The smallest absolute Gasteiger partial charge is 0.254 e.